The van der Waals surface area contributed by atoms with E-state index >= 15 is 0 Å². The Hall–Kier alpha value is -1.66. The number of hydrogen-bond acceptors (Lipinski definition) is 2. The molecule has 84 valence electrons. The van der Waals surface area contributed by atoms with Crippen LogP contribution >= 0.6 is 0 Å². The van der Waals surface area contributed by atoms with E-state index in [1.54, 1.807) is 27.0 Å². The zero-order valence-corrected chi connectivity index (χ0v) is 8.76. The highest BCUT2D eigenvalue weighted by molar-refractivity contribution is 6.36. The van der Waals surface area contributed by atoms with Crippen LogP contribution < -0.4 is 10.8 Å². The summed E-state index contributed by atoms with van der Waals surface area (Å²) < 4.78 is 38.8. The van der Waals surface area contributed by atoms with E-state index in [2.05, 4.69) is 10.4 Å². The van der Waals surface area contributed by atoms with Gasteiger partial charge in [0.25, 0.3) is 0 Å². The Labute approximate surface area is 90.7 Å². The molecule has 2 heterocycles. The lowest BCUT2D eigenvalue weighted by Crippen LogP contribution is -2.10. The summed E-state index contributed by atoms with van der Waals surface area (Å²) >= 11 is 0. The summed E-state index contributed by atoms with van der Waals surface area (Å²) in [6.07, 6.45) is -4.41. The molecule has 0 saturated heterocycles. The number of alkyl halides is 3. The van der Waals surface area contributed by atoms with Crippen LogP contribution in [-0.2, 0) is 6.18 Å². The maximum atomic E-state index is 12.5. The second-order valence-electron chi connectivity index (χ2n) is 3.48. The molecule has 7 heteroatoms. The zero-order chi connectivity index (χ0) is 11.9. The van der Waals surface area contributed by atoms with E-state index in [9.17, 15) is 13.2 Å². The van der Waals surface area contributed by atoms with Crippen LogP contribution in [0.5, 0.6) is 0 Å². The highest BCUT2D eigenvalue weighted by atomic mass is 19.4. The molecule has 0 radical (unpaired) electrons. The molecule has 0 aliphatic heterocycles. The smallest absolute Gasteiger partial charge is 0.373 e. The van der Waals surface area contributed by atoms with Crippen molar-refractivity contribution >= 4 is 24.6 Å². The first-order chi connectivity index (χ1) is 7.43. The standard InChI is InChI=1S/C9H9BF3N3/c1-14-8-3-2-5(10)6-4-7(9(11,12)13)15-16(6)8/h2-4,14H,10H2,1H3. The van der Waals surface area contributed by atoms with Crippen LogP contribution in [0, 0.1) is 0 Å². The molecule has 0 atom stereocenters. The van der Waals surface area contributed by atoms with Gasteiger partial charge in [-0.3, -0.25) is 0 Å². The van der Waals surface area contributed by atoms with Crippen LogP contribution in [0.1, 0.15) is 5.69 Å². The van der Waals surface area contributed by atoms with Gasteiger partial charge >= 0.3 is 6.18 Å². The third-order valence-corrected chi connectivity index (χ3v) is 2.38. The van der Waals surface area contributed by atoms with E-state index < -0.39 is 11.9 Å². The number of rotatable bonds is 1. The highest BCUT2D eigenvalue weighted by Gasteiger charge is 2.34. The molecule has 0 fully saturated rings. The zero-order valence-electron chi connectivity index (χ0n) is 8.76. The number of hydrogen-bond donors (Lipinski definition) is 1. The van der Waals surface area contributed by atoms with Gasteiger partial charge in [0.2, 0.25) is 0 Å². The van der Waals surface area contributed by atoms with Crippen molar-refractivity contribution in [3.63, 3.8) is 0 Å². The molecule has 0 unspecified atom stereocenters. The summed E-state index contributed by atoms with van der Waals surface area (Å²) in [4.78, 5) is 0. The van der Waals surface area contributed by atoms with Gasteiger partial charge in [-0.2, -0.15) is 18.3 Å². The third-order valence-electron chi connectivity index (χ3n) is 2.38. The van der Waals surface area contributed by atoms with Crippen LogP contribution in [0.3, 0.4) is 0 Å². The Kier molecular flexibility index (Phi) is 2.33. The van der Waals surface area contributed by atoms with Gasteiger partial charge in [-0.05, 0) is 12.1 Å². The molecule has 2 aromatic rings. The first-order valence-electron chi connectivity index (χ1n) is 4.68. The van der Waals surface area contributed by atoms with Gasteiger partial charge in [0.05, 0.1) is 5.52 Å². The van der Waals surface area contributed by atoms with Crippen LogP contribution in [0.25, 0.3) is 5.52 Å². The lowest BCUT2D eigenvalue weighted by molar-refractivity contribution is -0.141. The van der Waals surface area contributed by atoms with Crippen LogP contribution in [0.4, 0.5) is 19.0 Å². The average Bonchev–Trinajstić information content (AvgIpc) is 2.63. The highest BCUT2D eigenvalue weighted by Crippen LogP contribution is 2.29. The summed E-state index contributed by atoms with van der Waals surface area (Å²) in [5.41, 5.74) is 0.333. The third kappa shape index (κ3) is 1.62. The summed E-state index contributed by atoms with van der Waals surface area (Å²) in [6.45, 7) is 0. The predicted octanol–water partition coefficient (Wildman–Crippen LogP) is 0.653. The van der Waals surface area contributed by atoms with Crippen molar-refractivity contribution in [1.29, 1.82) is 0 Å². The van der Waals surface area contributed by atoms with Gasteiger partial charge in [-0.1, -0.05) is 11.5 Å². The van der Waals surface area contributed by atoms with Crippen LogP contribution in [0.2, 0.25) is 0 Å². The monoisotopic (exact) mass is 227 g/mol. The average molecular weight is 227 g/mol. The SMILES string of the molecule is Bc1ccc(NC)n2nc(C(F)(F)F)cc12. The molecule has 1 N–H and O–H groups in total. The van der Waals surface area contributed by atoms with Gasteiger partial charge in [0.1, 0.15) is 13.7 Å². The lowest BCUT2D eigenvalue weighted by atomic mass is 9.96. The van der Waals surface area contributed by atoms with Crippen molar-refractivity contribution in [2.45, 2.75) is 6.18 Å². The largest absolute Gasteiger partial charge is 0.435 e. The van der Waals surface area contributed by atoms with E-state index in [1.165, 1.54) is 4.52 Å². The molecule has 0 aromatic carbocycles. The number of nitrogens with one attached hydrogen (secondary N) is 1. The first-order valence-corrected chi connectivity index (χ1v) is 4.68. The maximum Gasteiger partial charge on any atom is 0.435 e. The Morgan fingerprint density at radius 3 is 2.62 bits per heavy atom. The number of fused-ring (bicyclic) bond motifs is 1. The Morgan fingerprint density at radius 2 is 2.06 bits per heavy atom. The van der Waals surface area contributed by atoms with Gasteiger partial charge in [-0.15, -0.1) is 0 Å². The van der Waals surface area contributed by atoms with E-state index in [0.717, 1.165) is 11.5 Å². The Bertz CT molecular complexity index is 533. The van der Waals surface area contributed by atoms with Crippen molar-refractivity contribution in [2.24, 2.45) is 0 Å². The minimum Gasteiger partial charge on any atom is -0.373 e. The number of halogens is 3. The van der Waals surface area contributed by atoms with Gasteiger partial charge < -0.3 is 5.32 Å². The number of anilines is 1. The van der Waals surface area contributed by atoms with E-state index in [1.807, 2.05) is 0 Å². The predicted molar refractivity (Wildman–Crippen MR) is 57.9 cm³/mol. The second kappa shape index (κ2) is 3.43. The van der Waals surface area contributed by atoms with Crippen molar-refractivity contribution in [3.05, 3.63) is 23.9 Å². The fraction of sp³-hybridized carbons (Fsp3) is 0.222. The lowest BCUT2D eigenvalue weighted by Gasteiger charge is -2.05. The molecule has 0 spiro atoms. The van der Waals surface area contributed by atoms with Gasteiger partial charge in [0, 0.05) is 7.05 Å². The topological polar surface area (TPSA) is 29.3 Å². The summed E-state index contributed by atoms with van der Waals surface area (Å²) in [5, 5.41) is 6.34. The minimum absolute atomic E-state index is 0.458. The molecule has 0 saturated carbocycles. The normalized spacial score (nSPS) is 12.0. The van der Waals surface area contributed by atoms with Crippen LogP contribution in [-0.4, -0.2) is 24.5 Å². The minimum atomic E-state index is -4.41. The Morgan fingerprint density at radius 1 is 1.38 bits per heavy atom. The second-order valence-corrected chi connectivity index (χ2v) is 3.48. The van der Waals surface area contributed by atoms with Gasteiger partial charge in [-0.25, -0.2) is 4.52 Å². The molecular weight excluding hydrogens is 218 g/mol. The first kappa shape index (κ1) is 10.8. The number of aromatic nitrogens is 2. The maximum absolute atomic E-state index is 12.5. The molecule has 0 bridgehead atoms. The van der Waals surface area contributed by atoms with Crippen molar-refractivity contribution in [3.8, 4) is 0 Å². The van der Waals surface area contributed by atoms with Crippen molar-refractivity contribution in [1.82, 2.24) is 9.61 Å². The molecule has 0 aliphatic carbocycles. The van der Waals surface area contributed by atoms with E-state index in [0.29, 0.717) is 11.3 Å². The Balaban J connectivity index is 2.73. The molecule has 2 rings (SSSR count). The summed E-state index contributed by atoms with van der Waals surface area (Å²) in [5.74, 6) is 0.524. The van der Waals surface area contributed by atoms with E-state index in [-0.39, 0.29) is 0 Å². The molecule has 0 aliphatic rings. The van der Waals surface area contributed by atoms with E-state index in [4.69, 9.17) is 0 Å². The fourth-order valence-electron chi connectivity index (χ4n) is 1.53. The molecule has 3 nitrogen and oxygen atoms in total. The fourth-order valence-corrected chi connectivity index (χ4v) is 1.53. The quantitative estimate of drug-likeness (QED) is 0.725. The molecule has 16 heavy (non-hydrogen) atoms. The molecular formula is C9H9BF3N3. The van der Waals surface area contributed by atoms with Gasteiger partial charge in [0.15, 0.2) is 5.69 Å². The molecule has 2 aromatic heterocycles. The van der Waals surface area contributed by atoms with Crippen molar-refractivity contribution < 1.29 is 13.2 Å². The van der Waals surface area contributed by atoms with Crippen LogP contribution in [0.15, 0.2) is 18.2 Å². The summed E-state index contributed by atoms with van der Waals surface area (Å²) in [6, 6.07) is 4.49. The molecule has 0 amide bonds. The number of pyridine rings is 1. The number of nitrogens with zero attached hydrogens (tertiary/aromatic N) is 2. The summed E-state index contributed by atoms with van der Waals surface area (Å²) in [7, 11) is 3.38. The van der Waals surface area contributed by atoms with Crippen molar-refractivity contribution in [2.75, 3.05) is 12.4 Å².